The summed E-state index contributed by atoms with van der Waals surface area (Å²) in [5.41, 5.74) is -1.12. The Morgan fingerprint density at radius 2 is 1.94 bits per heavy atom. The Morgan fingerprint density at radius 3 is 2.50 bits per heavy atom. The Balaban J connectivity index is 2.93. The predicted molar refractivity (Wildman–Crippen MR) is 63.5 cm³/mol. The molecular formula is C13H16F3NO. The normalized spacial score (nSPS) is 13.4. The summed E-state index contributed by atoms with van der Waals surface area (Å²) in [6.07, 6.45) is -4.44. The smallest absolute Gasteiger partial charge is 0.314 e. The third kappa shape index (κ3) is 3.84. The summed E-state index contributed by atoms with van der Waals surface area (Å²) in [6.45, 7) is 4.33. The van der Waals surface area contributed by atoms with Gasteiger partial charge in [0.25, 0.3) is 0 Å². The third-order valence-electron chi connectivity index (χ3n) is 2.58. The first kappa shape index (κ1) is 14.7. The van der Waals surface area contributed by atoms with Crippen LogP contribution in [-0.4, -0.2) is 18.4 Å². The van der Waals surface area contributed by atoms with E-state index < -0.39 is 17.5 Å². The zero-order valence-corrected chi connectivity index (χ0v) is 10.3. The van der Waals surface area contributed by atoms with Crippen molar-refractivity contribution in [3.8, 4) is 0 Å². The van der Waals surface area contributed by atoms with Crippen molar-refractivity contribution >= 4 is 5.78 Å². The van der Waals surface area contributed by atoms with E-state index >= 15 is 0 Å². The molecule has 0 aliphatic heterocycles. The second-order valence-electron chi connectivity index (χ2n) is 4.13. The number of carbonyl (C=O) groups is 1. The van der Waals surface area contributed by atoms with E-state index in [4.69, 9.17) is 0 Å². The van der Waals surface area contributed by atoms with E-state index in [1.807, 2.05) is 6.92 Å². The van der Waals surface area contributed by atoms with Gasteiger partial charge in [-0.1, -0.05) is 25.1 Å². The summed E-state index contributed by atoms with van der Waals surface area (Å²) in [6, 6.07) is 4.76. The molecule has 0 aromatic heterocycles. The molecule has 0 aliphatic rings. The van der Waals surface area contributed by atoms with E-state index in [-0.39, 0.29) is 18.0 Å². The molecule has 1 aromatic carbocycles. The molecule has 0 saturated heterocycles. The highest BCUT2D eigenvalue weighted by Gasteiger charge is 2.34. The average molecular weight is 259 g/mol. The summed E-state index contributed by atoms with van der Waals surface area (Å²) in [4.78, 5) is 11.9. The lowest BCUT2D eigenvalue weighted by atomic mass is 9.99. The van der Waals surface area contributed by atoms with Crippen LogP contribution in [0.4, 0.5) is 13.2 Å². The molecule has 0 amide bonds. The molecule has 2 nitrogen and oxygen atoms in total. The van der Waals surface area contributed by atoms with Crippen molar-refractivity contribution in [2.45, 2.75) is 32.5 Å². The minimum Gasteiger partial charge on any atom is -0.314 e. The molecule has 1 aromatic rings. The van der Waals surface area contributed by atoms with Gasteiger partial charge in [-0.15, -0.1) is 0 Å². The lowest BCUT2D eigenvalue weighted by Crippen LogP contribution is -2.28. The molecule has 1 unspecified atom stereocenters. The molecule has 0 radical (unpaired) electrons. The molecule has 1 N–H and O–H groups in total. The van der Waals surface area contributed by atoms with Crippen molar-refractivity contribution in [1.29, 1.82) is 0 Å². The molecular weight excluding hydrogens is 243 g/mol. The van der Waals surface area contributed by atoms with Gasteiger partial charge in [0, 0.05) is 18.0 Å². The fraction of sp³-hybridized carbons (Fsp3) is 0.462. The first-order valence-electron chi connectivity index (χ1n) is 5.79. The van der Waals surface area contributed by atoms with Crippen LogP contribution in [0.1, 0.15) is 36.2 Å². The topological polar surface area (TPSA) is 29.1 Å². The van der Waals surface area contributed by atoms with Crippen molar-refractivity contribution in [2.24, 2.45) is 0 Å². The molecule has 0 spiro atoms. The summed E-state index contributed by atoms with van der Waals surface area (Å²) >= 11 is 0. The molecule has 1 rings (SSSR count). The average Bonchev–Trinajstić information content (AvgIpc) is 2.28. The summed E-state index contributed by atoms with van der Waals surface area (Å²) in [5, 5.41) is 3.00. The summed E-state index contributed by atoms with van der Waals surface area (Å²) < 4.78 is 38.2. The van der Waals surface area contributed by atoms with E-state index in [9.17, 15) is 18.0 Å². The Hall–Kier alpha value is -1.36. The van der Waals surface area contributed by atoms with Gasteiger partial charge in [0.2, 0.25) is 0 Å². The minimum absolute atomic E-state index is 0.0565. The number of alkyl halides is 3. The van der Waals surface area contributed by atoms with Crippen molar-refractivity contribution in [1.82, 2.24) is 5.32 Å². The third-order valence-corrected chi connectivity index (χ3v) is 2.58. The Kier molecular flexibility index (Phi) is 4.90. The number of rotatable bonds is 5. The van der Waals surface area contributed by atoms with Gasteiger partial charge in [0.15, 0.2) is 5.78 Å². The summed E-state index contributed by atoms with van der Waals surface area (Å²) in [5.74, 6) is -0.489. The fourth-order valence-electron chi connectivity index (χ4n) is 1.78. The molecule has 18 heavy (non-hydrogen) atoms. The molecule has 0 saturated carbocycles. The maximum absolute atomic E-state index is 12.7. The highest BCUT2D eigenvalue weighted by Crippen LogP contribution is 2.32. The number of nitrogens with one attached hydrogen (secondary N) is 1. The van der Waals surface area contributed by atoms with Crippen LogP contribution in [0.2, 0.25) is 0 Å². The second-order valence-corrected chi connectivity index (χ2v) is 4.13. The summed E-state index contributed by atoms with van der Waals surface area (Å²) in [7, 11) is 0. The molecule has 0 aliphatic carbocycles. The lowest BCUT2D eigenvalue weighted by Gasteiger charge is -2.14. The zero-order chi connectivity index (χ0) is 13.8. The number of hydrogen-bond donors (Lipinski definition) is 1. The van der Waals surface area contributed by atoms with Crippen molar-refractivity contribution < 1.29 is 18.0 Å². The van der Waals surface area contributed by atoms with Gasteiger partial charge >= 0.3 is 6.18 Å². The van der Waals surface area contributed by atoms with Gasteiger partial charge in [0.1, 0.15) is 0 Å². The molecule has 5 heteroatoms. The van der Waals surface area contributed by atoms with E-state index in [1.54, 1.807) is 6.92 Å². The molecule has 0 bridgehead atoms. The zero-order valence-electron chi connectivity index (χ0n) is 10.3. The first-order chi connectivity index (χ1) is 8.36. The van der Waals surface area contributed by atoms with Crippen LogP contribution in [-0.2, 0) is 6.18 Å². The van der Waals surface area contributed by atoms with Gasteiger partial charge in [-0.25, -0.2) is 0 Å². The van der Waals surface area contributed by atoms with Crippen molar-refractivity contribution in [2.75, 3.05) is 6.54 Å². The number of hydrogen-bond acceptors (Lipinski definition) is 2. The Labute approximate surface area is 104 Å². The van der Waals surface area contributed by atoms with Crippen molar-refractivity contribution in [3.05, 3.63) is 35.4 Å². The lowest BCUT2D eigenvalue weighted by molar-refractivity contribution is -0.137. The van der Waals surface area contributed by atoms with Gasteiger partial charge in [-0.3, -0.25) is 4.79 Å². The number of Topliss-reactive ketones (excluding diaryl/α,β-unsaturated/α-hetero) is 1. The number of halogens is 3. The predicted octanol–water partition coefficient (Wildman–Crippen LogP) is 3.28. The van der Waals surface area contributed by atoms with Gasteiger partial charge in [0.05, 0.1) is 5.56 Å². The molecule has 0 heterocycles. The first-order valence-corrected chi connectivity index (χ1v) is 5.79. The van der Waals surface area contributed by atoms with E-state index in [1.165, 1.54) is 18.2 Å². The van der Waals surface area contributed by atoms with E-state index in [0.29, 0.717) is 6.54 Å². The van der Waals surface area contributed by atoms with Gasteiger partial charge in [-0.05, 0) is 19.5 Å². The highest BCUT2D eigenvalue weighted by molar-refractivity contribution is 5.98. The number of ketones is 1. The van der Waals surface area contributed by atoms with E-state index in [2.05, 4.69) is 5.32 Å². The Morgan fingerprint density at radius 1 is 1.33 bits per heavy atom. The quantitative estimate of drug-likeness (QED) is 0.822. The highest BCUT2D eigenvalue weighted by atomic mass is 19.4. The number of carbonyl (C=O) groups excluding carboxylic acids is 1. The second kappa shape index (κ2) is 6.00. The molecule has 100 valence electrons. The maximum Gasteiger partial charge on any atom is 0.417 e. The van der Waals surface area contributed by atoms with Crippen LogP contribution in [0.3, 0.4) is 0 Å². The fourth-order valence-corrected chi connectivity index (χ4v) is 1.78. The van der Waals surface area contributed by atoms with Gasteiger partial charge < -0.3 is 5.32 Å². The van der Waals surface area contributed by atoms with Gasteiger partial charge in [-0.2, -0.15) is 13.2 Å². The van der Waals surface area contributed by atoms with E-state index in [0.717, 1.165) is 6.07 Å². The van der Waals surface area contributed by atoms with Crippen LogP contribution in [0.5, 0.6) is 0 Å². The standard InChI is InChI=1S/C13H16F3NO/c1-3-17-9(2)8-12(18)10-6-4-5-7-11(10)13(14,15)16/h4-7,9,17H,3,8H2,1-2H3. The van der Waals surface area contributed by atoms with Crippen LogP contribution in [0.15, 0.2) is 24.3 Å². The monoisotopic (exact) mass is 259 g/mol. The maximum atomic E-state index is 12.7. The van der Waals surface area contributed by atoms with Crippen LogP contribution in [0, 0.1) is 0 Å². The number of benzene rings is 1. The SMILES string of the molecule is CCNC(C)CC(=O)c1ccccc1C(F)(F)F. The van der Waals surface area contributed by atoms with Crippen LogP contribution in [0.25, 0.3) is 0 Å². The molecule has 0 fully saturated rings. The minimum atomic E-state index is -4.49. The van der Waals surface area contributed by atoms with Crippen LogP contribution < -0.4 is 5.32 Å². The molecule has 1 atom stereocenters. The Bertz CT molecular complexity index is 415. The largest absolute Gasteiger partial charge is 0.417 e. The van der Waals surface area contributed by atoms with Crippen LogP contribution >= 0.6 is 0 Å². The van der Waals surface area contributed by atoms with Crippen molar-refractivity contribution in [3.63, 3.8) is 0 Å².